The van der Waals surface area contributed by atoms with Crippen molar-refractivity contribution in [3.8, 4) is 0 Å². The fraction of sp³-hybridized carbons (Fsp3) is 0.300. The van der Waals surface area contributed by atoms with Crippen molar-refractivity contribution in [3.63, 3.8) is 0 Å². The van der Waals surface area contributed by atoms with Gasteiger partial charge in [-0.15, -0.1) is 11.6 Å². The molecule has 88 valence electrons. The van der Waals surface area contributed by atoms with Crippen molar-refractivity contribution in [3.05, 3.63) is 35.4 Å². The van der Waals surface area contributed by atoms with Gasteiger partial charge in [-0.3, -0.25) is 4.79 Å². The summed E-state index contributed by atoms with van der Waals surface area (Å²) in [7, 11) is 0. The van der Waals surface area contributed by atoms with Gasteiger partial charge in [-0.05, 0) is 17.7 Å². The van der Waals surface area contributed by atoms with Gasteiger partial charge in [0.2, 0.25) is 0 Å². The van der Waals surface area contributed by atoms with E-state index in [4.69, 9.17) is 11.6 Å². The Balaban J connectivity index is 2.66. The quantitative estimate of drug-likeness (QED) is 0.823. The maximum absolute atomic E-state index is 11.8. The molecule has 1 aromatic rings. The van der Waals surface area contributed by atoms with Gasteiger partial charge < -0.3 is 5.32 Å². The molecule has 0 aromatic heterocycles. The summed E-state index contributed by atoms with van der Waals surface area (Å²) in [5.74, 6) is -0.551. The van der Waals surface area contributed by atoms with Crippen LogP contribution in [0, 0.1) is 0 Å². The summed E-state index contributed by atoms with van der Waals surface area (Å²) in [5.41, 5.74) is 0.851. The average molecular weight is 252 g/mol. The third-order valence-corrected chi connectivity index (χ3v) is 2.10. The van der Waals surface area contributed by atoms with Crippen molar-refractivity contribution in [1.29, 1.82) is 0 Å². The molecule has 6 heteroatoms. The molecule has 0 aliphatic rings. The molecule has 1 amide bonds. The SMILES string of the molecule is O=C(NCC(F)(F)F)c1cccc(CCl)c1. The minimum atomic E-state index is -4.40. The Labute approximate surface area is 95.4 Å². The van der Waals surface area contributed by atoms with Crippen LogP contribution in [0.4, 0.5) is 13.2 Å². The summed E-state index contributed by atoms with van der Waals surface area (Å²) in [6, 6.07) is 6.15. The van der Waals surface area contributed by atoms with E-state index in [0.717, 1.165) is 0 Å². The Morgan fingerprint density at radius 2 is 2.06 bits per heavy atom. The van der Waals surface area contributed by atoms with Gasteiger partial charge in [-0.25, -0.2) is 0 Å². The molecule has 0 saturated carbocycles. The summed E-state index contributed by atoms with van der Waals surface area (Å²) < 4.78 is 35.5. The van der Waals surface area contributed by atoms with Crippen LogP contribution in [-0.2, 0) is 5.88 Å². The van der Waals surface area contributed by atoms with E-state index in [1.54, 1.807) is 17.4 Å². The number of hydrogen-bond donors (Lipinski definition) is 1. The third-order valence-electron chi connectivity index (χ3n) is 1.79. The second-order valence-corrected chi connectivity index (χ2v) is 3.40. The lowest BCUT2D eigenvalue weighted by Gasteiger charge is -2.08. The minimum Gasteiger partial charge on any atom is -0.343 e. The van der Waals surface area contributed by atoms with Gasteiger partial charge in [0.05, 0.1) is 0 Å². The van der Waals surface area contributed by atoms with Gasteiger partial charge in [0.1, 0.15) is 6.54 Å². The van der Waals surface area contributed by atoms with E-state index < -0.39 is 18.6 Å². The number of nitrogens with one attached hydrogen (secondary N) is 1. The molecule has 0 aliphatic carbocycles. The zero-order valence-electron chi connectivity index (χ0n) is 8.14. The fourth-order valence-corrected chi connectivity index (χ4v) is 1.24. The lowest BCUT2D eigenvalue weighted by molar-refractivity contribution is -0.123. The van der Waals surface area contributed by atoms with Crippen molar-refractivity contribution in [2.24, 2.45) is 0 Å². The number of benzene rings is 1. The first kappa shape index (κ1) is 12.8. The molecule has 0 radical (unpaired) electrons. The molecule has 0 spiro atoms. The van der Waals surface area contributed by atoms with Crippen LogP contribution in [0.15, 0.2) is 24.3 Å². The van der Waals surface area contributed by atoms with Gasteiger partial charge >= 0.3 is 6.18 Å². The predicted molar refractivity (Wildman–Crippen MR) is 54.4 cm³/mol. The van der Waals surface area contributed by atoms with Crippen LogP contribution >= 0.6 is 11.6 Å². The highest BCUT2D eigenvalue weighted by Gasteiger charge is 2.27. The molecule has 0 atom stereocenters. The Bertz CT molecular complexity index is 379. The van der Waals surface area contributed by atoms with E-state index in [-0.39, 0.29) is 11.4 Å². The van der Waals surface area contributed by atoms with Gasteiger partial charge in [0.15, 0.2) is 0 Å². The molecule has 0 saturated heterocycles. The number of hydrogen-bond acceptors (Lipinski definition) is 1. The molecule has 0 unspecified atom stereocenters. The van der Waals surface area contributed by atoms with Crippen LogP contribution < -0.4 is 5.32 Å². The predicted octanol–water partition coefficient (Wildman–Crippen LogP) is 2.72. The maximum Gasteiger partial charge on any atom is 0.405 e. The summed E-state index contributed by atoms with van der Waals surface area (Å²) >= 11 is 5.54. The number of halogens is 4. The van der Waals surface area contributed by atoms with E-state index in [2.05, 4.69) is 0 Å². The van der Waals surface area contributed by atoms with Gasteiger partial charge in [-0.1, -0.05) is 12.1 Å². The highest BCUT2D eigenvalue weighted by molar-refractivity contribution is 6.17. The Morgan fingerprint density at radius 3 is 2.62 bits per heavy atom. The monoisotopic (exact) mass is 251 g/mol. The zero-order valence-corrected chi connectivity index (χ0v) is 8.90. The molecular formula is C10H9ClF3NO. The molecule has 16 heavy (non-hydrogen) atoms. The molecule has 1 rings (SSSR count). The normalized spacial score (nSPS) is 11.2. The van der Waals surface area contributed by atoms with E-state index in [0.29, 0.717) is 5.56 Å². The number of carbonyl (C=O) groups is 1. The zero-order chi connectivity index (χ0) is 12.2. The molecule has 0 fully saturated rings. The number of alkyl halides is 4. The smallest absolute Gasteiger partial charge is 0.343 e. The maximum atomic E-state index is 11.8. The Kier molecular flexibility index (Phi) is 4.18. The van der Waals surface area contributed by atoms with Crippen LogP contribution in [-0.4, -0.2) is 18.6 Å². The first-order valence-electron chi connectivity index (χ1n) is 4.42. The second-order valence-electron chi connectivity index (χ2n) is 3.13. The van der Waals surface area contributed by atoms with E-state index in [1.165, 1.54) is 12.1 Å². The molecule has 0 aliphatic heterocycles. The molecule has 1 aromatic carbocycles. The largest absolute Gasteiger partial charge is 0.405 e. The van der Waals surface area contributed by atoms with E-state index >= 15 is 0 Å². The fourth-order valence-electron chi connectivity index (χ4n) is 1.08. The van der Waals surface area contributed by atoms with Crippen molar-refractivity contribution in [2.45, 2.75) is 12.1 Å². The second kappa shape index (κ2) is 5.21. The molecular weight excluding hydrogens is 243 g/mol. The lowest BCUT2D eigenvalue weighted by atomic mass is 10.1. The summed E-state index contributed by atoms with van der Waals surface area (Å²) in [5, 5.41) is 1.78. The lowest BCUT2D eigenvalue weighted by Crippen LogP contribution is -2.33. The highest BCUT2D eigenvalue weighted by atomic mass is 35.5. The first-order chi connectivity index (χ1) is 7.42. The van der Waals surface area contributed by atoms with Crippen molar-refractivity contribution in [2.75, 3.05) is 6.54 Å². The van der Waals surface area contributed by atoms with Crippen LogP contribution in [0.5, 0.6) is 0 Å². The van der Waals surface area contributed by atoms with Crippen molar-refractivity contribution in [1.82, 2.24) is 5.32 Å². The Hall–Kier alpha value is -1.23. The topological polar surface area (TPSA) is 29.1 Å². The van der Waals surface area contributed by atoms with Gasteiger partial charge in [0.25, 0.3) is 5.91 Å². The minimum absolute atomic E-state index is 0.169. The third kappa shape index (κ3) is 4.10. The number of carbonyl (C=O) groups excluding carboxylic acids is 1. The molecule has 2 nitrogen and oxygen atoms in total. The van der Waals surface area contributed by atoms with E-state index in [9.17, 15) is 18.0 Å². The Morgan fingerprint density at radius 1 is 1.38 bits per heavy atom. The van der Waals surface area contributed by atoms with Gasteiger partial charge in [0, 0.05) is 11.4 Å². The van der Waals surface area contributed by atoms with Crippen LogP contribution in [0.3, 0.4) is 0 Å². The van der Waals surface area contributed by atoms with Crippen LogP contribution in [0.2, 0.25) is 0 Å². The first-order valence-corrected chi connectivity index (χ1v) is 4.95. The standard InChI is InChI=1S/C10H9ClF3NO/c11-5-7-2-1-3-8(4-7)9(16)15-6-10(12,13)14/h1-4H,5-6H2,(H,15,16). The van der Waals surface area contributed by atoms with Crippen molar-refractivity contribution < 1.29 is 18.0 Å². The molecule has 0 bridgehead atoms. The van der Waals surface area contributed by atoms with Crippen molar-refractivity contribution >= 4 is 17.5 Å². The van der Waals surface area contributed by atoms with Crippen LogP contribution in [0.25, 0.3) is 0 Å². The molecule has 0 heterocycles. The van der Waals surface area contributed by atoms with Crippen LogP contribution in [0.1, 0.15) is 15.9 Å². The highest BCUT2D eigenvalue weighted by Crippen LogP contribution is 2.13. The van der Waals surface area contributed by atoms with E-state index in [1.807, 2.05) is 0 Å². The summed E-state index contributed by atoms with van der Waals surface area (Å²) in [6.45, 7) is -1.34. The number of rotatable bonds is 3. The average Bonchev–Trinajstić information content (AvgIpc) is 2.25. The summed E-state index contributed by atoms with van der Waals surface area (Å²) in [6.07, 6.45) is -4.40. The van der Waals surface area contributed by atoms with Gasteiger partial charge in [-0.2, -0.15) is 13.2 Å². The summed E-state index contributed by atoms with van der Waals surface area (Å²) in [4.78, 5) is 11.3. The molecule has 1 N–H and O–H groups in total. The number of amides is 1.